The van der Waals surface area contributed by atoms with Gasteiger partial charge in [-0.05, 0) is 55.7 Å². The molecule has 2 N–H and O–H groups in total. The van der Waals surface area contributed by atoms with Crippen LogP contribution in [0.4, 0.5) is 0 Å². The summed E-state index contributed by atoms with van der Waals surface area (Å²) in [7, 11) is 0. The Hall–Kier alpha value is -2.15. The molecular weight excluding hydrogens is 490 g/mol. The quantitative estimate of drug-likeness (QED) is 0.456. The standard InChI is InChI=1S/C25H27BrClN3O2/c1-2-22-21(15-24(32)28-20-9-5-6-10-23(20)31)29-25(18-7-3-4-8-19(18)27)30(22)17-13-11-16(26)12-14-17/h3-4,7-8,11-14,20,23,31H,2,5-6,9-10,15H2,1H3,(H,28,32)/t20-,23-/m0/s1. The van der Waals surface area contributed by atoms with Crippen LogP contribution in [0.1, 0.15) is 44.0 Å². The van der Waals surface area contributed by atoms with Gasteiger partial charge < -0.3 is 10.4 Å². The van der Waals surface area contributed by atoms with Crippen molar-refractivity contribution in [3.63, 3.8) is 0 Å². The third-order valence-electron chi connectivity index (χ3n) is 5.99. The average Bonchev–Trinajstić information content (AvgIpc) is 3.14. The third kappa shape index (κ3) is 4.92. The van der Waals surface area contributed by atoms with E-state index in [-0.39, 0.29) is 18.4 Å². The second-order valence-electron chi connectivity index (χ2n) is 8.18. The topological polar surface area (TPSA) is 67.2 Å². The maximum atomic E-state index is 12.9. The zero-order valence-electron chi connectivity index (χ0n) is 18.0. The molecule has 0 saturated heterocycles. The van der Waals surface area contributed by atoms with Crippen molar-refractivity contribution in [2.75, 3.05) is 0 Å². The van der Waals surface area contributed by atoms with Crippen LogP contribution in [0.2, 0.25) is 5.02 Å². The van der Waals surface area contributed by atoms with E-state index in [4.69, 9.17) is 16.6 Å². The minimum absolute atomic E-state index is 0.114. The van der Waals surface area contributed by atoms with Gasteiger partial charge in [-0.25, -0.2) is 4.98 Å². The van der Waals surface area contributed by atoms with Crippen LogP contribution in [0.5, 0.6) is 0 Å². The Bertz CT molecular complexity index is 1100. The molecule has 5 nitrogen and oxygen atoms in total. The zero-order chi connectivity index (χ0) is 22.7. The molecule has 1 saturated carbocycles. The molecular formula is C25H27BrClN3O2. The number of imidazole rings is 1. The predicted octanol–water partition coefficient (Wildman–Crippen LogP) is 5.48. The van der Waals surface area contributed by atoms with Gasteiger partial charge in [0, 0.05) is 21.4 Å². The van der Waals surface area contributed by atoms with E-state index in [2.05, 4.69) is 32.7 Å². The van der Waals surface area contributed by atoms with Crippen molar-refractivity contribution in [2.24, 2.45) is 0 Å². The molecule has 2 atom stereocenters. The summed E-state index contributed by atoms with van der Waals surface area (Å²) in [6.45, 7) is 2.06. The Labute approximate surface area is 202 Å². The number of aliphatic hydroxyl groups is 1. The molecule has 7 heteroatoms. The minimum Gasteiger partial charge on any atom is -0.391 e. The molecule has 0 aliphatic heterocycles. The first-order chi connectivity index (χ1) is 15.5. The van der Waals surface area contributed by atoms with E-state index in [0.717, 1.165) is 58.6 Å². The van der Waals surface area contributed by atoms with Gasteiger partial charge in [-0.3, -0.25) is 9.36 Å². The second kappa shape index (κ2) is 10.2. The maximum Gasteiger partial charge on any atom is 0.226 e. The van der Waals surface area contributed by atoms with Gasteiger partial charge in [-0.1, -0.05) is 59.4 Å². The van der Waals surface area contributed by atoms with Crippen molar-refractivity contribution in [3.05, 3.63) is 69.4 Å². The SMILES string of the molecule is CCc1c(CC(=O)N[C@H]2CCCC[C@@H]2O)nc(-c2ccccc2Cl)n1-c1ccc(Br)cc1. The van der Waals surface area contributed by atoms with Crippen molar-refractivity contribution < 1.29 is 9.90 Å². The van der Waals surface area contributed by atoms with E-state index in [1.807, 2.05) is 48.5 Å². The Morgan fingerprint density at radius 3 is 2.59 bits per heavy atom. The molecule has 1 aliphatic carbocycles. The van der Waals surface area contributed by atoms with Crippen molar-refractivity contribution in [1.82, 2.24) is 14.9 Å². The highest BCUT2D eigenvalue weighted by Crippen LogP contribution is 2.32. The number of aromatic nitrogens is 2. The fourth-order valence-corrected chi connectivity index (χ4v) is 4.87. The normalized spacial score (nSPS) is 18.5. The molecule has 1 heterocycles. The van der Waals surface area contributed by atoms with Crippen LogP contribution >= 0.6 is 27.5 Å². The van der Waals surface area contributed by atoms with Crippen LogP contribution in [0.3, 0.4) is 0 Å². The molecule has 0 spiro atoms. The number of nitrogens with zero attached hydrogens (tertiary/aromatic N) is 2. The summed E-state index contributed by atoms with van der Waals surface area (Å²) in [5.41, 5.74) is 3.48. The zero-order valence-corrected chi connectivity index (χ0v) is 20.4. The number of hydrogen-bond acceptors (Lipinski definition) is 3. The highest BCUT2D eigenvalue weighted by atomic mass is 79.9. The van der Waals surface area contributed by atoms with E-state index in [9.17, 15) is 9.90 Å². The van der Waals surface area contributed by atoms with Crippen LogP contribution < -0.4 is 5.32 Å². The second-order valence-corrected chi connectivity index (χ2v) is 9.50. The minimum atomic E-state index is -0.475. The molecule has 32 heavy (non-hydrogen) atoms. The number of halogens is 2. The highest BCUT2D eigenvalue weighted by Gasteiger charge is 2.26. The molecule has 0 radical (unpaired) electrons. The maximum absolute atomic E-state index is 12.9. The number of rotatable bonds is 6. The van der Waals surface area contributed by atoms with Gasteiger partial charge in [-0.2, -0.15) is 0 Å². The first kappa shape index (κ1) is 23.0. The van der Waals surface area contributed by atoms with Gasteiger partial charge >= 0.3 is 0 Å². The predicted molar refractivity (Wildman–Crippen MR) is 131 cm³/mol. The number of amides is 1. The first-order valence-electron chi connectivity index (χ1n) is 11.1. The molecule has 3 aromatic rings. The molecule has 0 bridgehead atoms. The number of carbonyl (C=O) groups excluding carboxylic acids is 1. The van der Waals surface area contributed by atoms with Crippen LogP contribution in [-0.2, 0) is 17.6 Å². The monoisotopic (exact) mass is 515 g/mol. The summed E-state index contributed by atoms with van der Waals surface area (Å²) >= 11 is 10.0. The average molecular weight is 517 g/mol. The molecule has 0 unspecified atom stereocenters. The summed E-state index contributed by atoms with van der Waals surface area (Å²) in [5.74, 6) is 0.604. The third-order valence-corrected chi connectivity index (χ3v) is 6.85. The number of nitrogens with one attached hydrogen (secondary N) is 1. The van der Waals surface area contributed by atoms with Crippen LogP contribution in [0.25, 0.3) is 17.1 Å². The summed E-state index contributed by atoms with van der Waals surface area (Å²) in [6.07, 6.45) is 3.97. The van der Waals surface area contributed by atoms with Crippen LogP contribution in [0, 0.1) is 0 Å². The van der Waals surface area contributed by atoms with Gasteiger partial charge in [0.1, 0.15) is 5.82 Å². The first-order valence-corrected chi connectivity index (χ1v) is 12.2. The summed E-state index contributed by atoms with van der Waals surface area (Å²) in [4.78, 5) is 17.8. The molecule has 1 aromatic heterocycles. The Balaban J connectivity index is 1.73. The Morgan fingerprint density at radius 1 is 1.19 bits per heavy atom. The van der Waals surface area contributed by atoms with Gasteiger partial charge in [0.15, 0.2) is 0 Å². The summed E-state index contributed by atoms with van der Waals surface area (Å²) in [5, 5.41) is 13.9. The number of hydrogen-bond donors (Lipinski definition) is 2. The lowest BCUT2D eigenvalue weighted by atomic mass is 9.92. The van der Waals surface area contributed by atoms with Crippen molar-refractivity contribution in [1.29, 1.82) is 0 Å². The summed E-state index contributed by atoms with van der Waals surface area (Å²) in [6, 6.07) is 15.5. The van der Waals surface area contributed by atoms with E-state index < -0.39 is 6.10 Å². The number of carbonyl (C=O) groups is 1. The fraction of sp³-hybridized carbons (Fsp3) is 0.360. The number of benzene rings is 2. The van der Waals surface area contributed by atoms with E-state index in [1.54, 1.807) is 0 Å². The lowest BCUT2D eigenvalue weighted by Gasteiger charge is -2.28. The largest absolute Gasteiger partial charge is 0.391 e. The van der Waals surface area contributed by atoms with Crippen molar-refractivity contribution in [2.45, 2.75) is 57.6 Å². The molecule has 1 aliphatic rings. The lowest BCUT2D eigenvalue weighted by Crippen LogP contribution is -2.45. The molecule has 168 valence electrons. The highest BCUT2D eigenvalue weighted by molar-refractivity contribution is 9.10. The van der Waals surface area contributed by atoms with E-state index >= 15 is 0 Å². The van der Waals surface area contributed by atoms with Gasteiger partial charge in [-0.15, -0.1) is 0 Å². The molecule has 2 aromatic carbocycles. The van der Waals surface area contributed by atoms with E-state index in [0.29, 0.717) is 11.4 Å². The Kier molecular flexibility index (Phi) is 7.33. The van der Waals surface area contributed by atoms with Crippen molar-refractivity contribution >= 4 is 33.4 Å². The van der Waals surface area contributed by atoms with Gasteiger partial charge in [0.05, 0.1) is 29.3 Å². The number of aliphatic hydroxyl groups excluding tert-OH is 1. The molecule has 4 rings (SSSR count). The van der Waals surface area contributed by atoms with Crippen LogP contribution in [-0.4, -0.2) is 32.7 Å². The van der Waals surface area contributed by atoms with Crippen LogP contribution in [0.15, 0.2) is 53.0 Å². The van der Waals surface area contributed by atoms with Gasteiger partial charge in [0.2, 0.25) is 5.91 Å². The van der Waals surface area contributed by atoms with Crippen molar-refractivity contribution in [3.8, 4) is 17.1 Å². The lowest BCUT2D eigenvalue weighted by molar-refractivity contribution is -0.122. The fourth-order valence-electron chi connectivity index (χ4n) is 4.38. The summed E-state index contributed by atoms with van der Waals surface area (Å²) < 4.78 is 3.08. The Morgan fingerprint density at radius 2 is 1.91 bits per heavy atom. The van der Waals surface area contributed by atoms with E-state index in [1.165, 1.54) is 0 Å². The molecule has 1 fully saturated rings. The molecule has 1 amide bonds. The smallest absolute Gasteiger partial charge is 0.226 e. The van der Waals surface area contributed by atoms with Gasteiger partial charge in [0.25, 0.3) is 0 Å².